The molecule has 0 radical (unpaired) electrons. The predicted molar refractivity (Wildman–Crippen MR) is 102 cm³/mol. The minimum atomic E-state index is -3.61. The number of hydrogen-bond donors (Lipinski definition) is 1. The Bertz CT molecular complexity index is 899. The molecule has 2 aromatic rings. The van der Waals surface area contributed by atoms with Gasteiger partial charge in [-0.2, -0.15) is 4.98 Å². The molecule has 0 unspecified atom stereocenters. The van der Waals surface area contributed by atoms with Crippen molar-refractivity contribution in [2.24, 2.45) is 0 Å². The normalized spacial score (nSPS) is 20.3. The third-order valence-electron chi connectivity index (χ3n) is 4.52. The third kappa shape index (κ3) is 5.09. The van der Waals surface area contributed by atoms with Crippen LogP contribution in [0.4, 0.5) is 0 Å². The number of hydrogen-bond acceptors (Lipinski definition) is 6. The molecule has 0 saturated heterocycles. The first kappa shape index (κ1) is 19.9. The van der Waals surface area contributed by atoms with Crippen molar-refractivity contribution >= 4 is 21.6 Å². The molecular formula is C18H22ClN3O4S. The molecule has 1 aliphatic rings. The molecule has 27 heavy (non-hydrogen) atoms. The molecule has 1 aromatic carbocycles. The molecule has 1 N–H and O–H groups in total. The summed E-state index contributed by atoms with van der Waals surface area (Å²) in [6.07, 6.45) is 5.83. The molecule has 1 saturated carbocycles. The van der Waals surface area contributed by atoms with Crippen LogP contribution >= 0.6 is 11.6 Å². The number of aromatic nitrogens is 2. The Labute approximate surface area is 164 Å². The van der Waals surface area contributed by atoms with Crippen LogP contribution < -0.4 is 14.2 Å². The molecule has 0 amide bonds. The van der Waals surface area contributed by atoms with E-state index in [1.165, 1.54) is 19.4 Å². The summed E-state index contributed by atoms with van der Waals surface area (Å²) in [5, 5.41) is 0.400. The highest BCUT2D eigenvalue weighted by Gasteiger charge is 2.27. The first-order chi connectivity index (χ1) is 12.9. The maximum Gasteiger partial charge on any atom is 0.241 e. The molecule has 1 heterocycles. The zero-order valence-corrected chi connectivity index (χ0v) is 16.8. The van der Waals surface area contributed by atoms with Crippen LogP contribution in [0.3, 0.4) is 0 Å². The lowest BCUT2D eigenvalue weighted by Gasteiger charge is -2.29. The predicted octanol–water partition coefficient (Wildman–Crippen LogP) is 3.12. The highest BCUT2D eigenvalue weighted by Crippen LogP contribution is 2.26. The van der Waals surface area contributed by atoms with Crippen molar-refractivity contribution in [1.82, 2.24) is 14.7 Å². The molecule has 146 valence electrons. The standard InChI is InChI=1S/C18H22ClN3O4S/c1-12-3-4-13(19)9-16(12)27(23,24)22-14-5-7-15(8-6-14)26-18-11-20-10-17(21-18)25-2/h3-4,9-11,14-15,22H,5-8H2,1-2H3. The Kier molecular flexibility index (Phi) is 6.18. The van der Waals surface area contributed by atoms with E-state index in [9.17, 15) is 8.42 Å². The van der Waals surface area contributed by atoms with Crippen LogP contribution in [0.1, 0.15) is 31.2 Å². The molecular weight excluding hydrogens is 390 g/mol. The van der Waals surface area contributed by atoms with Gasteiger partial charge in [0.25, 0.3) is 0 Å². The van der Waals surface area contributed by atoms with E-state index < -0.39 is 10.0 Å². The SMILES string of the molecule is COc1cncc(OC2CCC(NS(=O)(=O)c3cc(Cl)ccc3C)CC2)n1. The number of halogens is 1. The van der Waals surface area contributed by atoms with Crippen molar-refractivity contribution in [1.29, 1.82) is 0 Å². The Hall–Kier alpha value is -1.90. The first-order valence-corrected chi connectivity index (χ1v) is 10.5. The average molecular weight is 412 g/mol. The van der Waals surface area contributed by atoms with E-state index in [1.807, 2.05) is 0 Å². The Morgan fingerprint density at radius 1 is 1.15 bits per heavy atom. The van der Waals surface area contributed by atoms with Crippen molar-refractivity contribution in [2.45, 2.75) is 49.6 Å². The average Bonchev–Trinajstić information content (AvgIpc) is 2.65. The van der Waals surface area contributed by atoms with E-state index in [0.717, 1.165) is 12.8 Å². The van der Waals surface area contributed by atoms with Crippen molar-refractivity contribution in [2.75, 3.05) is 7.11 Å². The molecule has 9 heteroatoms. The third-order valence-corrected chi connectivity index (χ3v) is 6.42. The summed E-state index contributed by atoms with van der Waals surface area (Å²) in [5.74, 6) is 0.804. The topological polar surface area (TPSA) is 90.4 Å². The number of methoxy groups -OCH3 is 1. The number of sulfonamides is 1. The minimum absolute atomic E-state index is 0.0277. The van der Waals surface area contributed by atoms with Gasteiger partial charge in [-0.05, 0) is 50.3 Å². The molecule has 0 spiro atoms. The van der Waals surface area contributed by atoms with Crippen molar-refractivity contribution in [3.8, 4) is 11.8 Å². The van der Waals surface area contributed by atoms with Gasteiger partial charge in [-0.3, -0.25) is 4.98 Å². The quantitative estimate of drug-likeness (QED) is 0.785. The van der Waals surface area contributed by atoms with Crippen molar-refractivity contribution in [3.63, 3.8) is 0 Å². The van der Waals surface area contributed by atoms with E-state index in [0.29, 0.717) is 35.2 Å². The second kappa shape index (κ2) is 8.41. The summed E-state index contributed by atoms with van der Waals surface area (Å²) >= 11 is 5.95. The lowest BCUT2D eigenvalue weighted by Crippen LogP contribution is -2.39. The maximum atomic E-state index is 12.7. The molecule has 1 aromatic heterocycles. The van der Waals surface area contributed by atoms with Gasteiger partial charge >= 0.3 is 0 Å². The highest BCUT2D eigenvalue weighted by molar-refractivity contribution is 7.89. The lowest BCUT2D eigenvalue weighted by atomic mass is 9.94. The van der Waals surface area contributed by atoms with Crippen LogP contribution in [0.5, 0.6) is 11.8 Å². The highest BCUT2D eigenvalue weighted by atomic mass is 35.5. The summed E-state index contributed by atoms with van der Waals surface area (Å²) < 4.78 is 39.0. The number of ether oxygens (including phenoxy) is 2. The summed E-state index contributed by atoms with van der Waals surface area (Å²) in [7, 11) is -2.09. The van der Waals surface area contributed by atoms with Gasteiger partial charge in [0.05, 0.1) is 24.4 Å². The number of nitrogens with zero attached hydrogens (tertiary/aromatic N) is 2. The number of rotatable bonds is 6. The Morgan fingerprint density at radius 3 is 2.56 bits per heavy atom. The van der Waals surface area contributed by atoms with E-state index in [2.05, 4.69) is 14.7 Å². The maximum absolute atomic E-state index is 12.7. The number of nitrogens with one attached hydrogen (secondary N) is 1. The van der Waals surface area contributed by atoms with Crippen molar-refractivity contribution in [3.05, 3.63) is 41.2 Å². The van der Waals surface area contributed by atoms with E-state index in [1.54, 1.807) is 25.3 Å². The number of benzene rings is 1. The van der Waals surface area contributed by atoms with Gasteiger partial charge in [-0.15, -0.1) is 0 Å². The van der Waals surface area contributed by atoms with Gasteiger partial charge in [-0.1, -0.05) is 17.7 Å². The van der Waals surface area contributed by atoms with E-state index >= 15 is 0 Å². The van der Waals surface area contributed by atoms with Crippen molar-refractivity contribution < 1.29 is 17.9 Å². The summed E-state index contributed by atoms with van der Waals surface area (Å²) in [6.45, 7) is 1.75. The van der Waals surface area contributed by atoms with Gasteiger partial charge in [0.1, 0.15) is 6.10 Å². The zero-order valence-electron chi connectivity index (χ0n) is 15.2. The fourth-order valence-corrected chi connectivity index (χ4v) is 4.91. The van der Waals surface area contributed by atoms with Crippen LogP contribution in [-0.2, 0) is 10.0 Å². The summed E-state index contributed by atoms with van der Waals surface area (Å²) in [4.78, 5) is 8.43. The molecule has 7 nitrogen and oxygen atoms in total. The molecule has 1 aliphatic carbocycles. The van der Waals surface area contributed by atoms with Crippen LogP contribution in [0.15, 0.2) is 35.5 Å². The minimum Gasteiger partial charge on any atom is -0.480 e. The van der Waals surface area contributed by atoms with Gasteiger partial charge < -0.3 is 9.47 Å². The van der Waals surface area contributed by atoms with E-state index in [4.69, 9.17) is 21.1 Å². The number of aryl methyl sites for hydroxylation is 1. The van der Waals surface area contributed by atoms with Crippen LogP contribution in [0.25, 0.3) is 0 Å². The molecule has 3 rings (SSSR count). The molecule has 0 atom stereocenters. The first-order valence-electron chi connectivity index (χ1n) is 8.68. The summed E-state index contributed by atoms with van der Waals surface area (Å²) in [5.41, 5.74) is 0.667. The second-order valence-corrected chi connectivity index (χ2v) is 8.64. The summed E-state index contributed by atoms with van der Waals surface area (Å²) in [6, 6.07) is 4.73. The van der Waals surface area contributed by atoms with Gasteiger partial charge in [-0.25, -0.2) is 13.1 Å². The van der Waals surface area contributed by atoms with E-state index in [-0.39, 0.29) is 17.0 Å². The lowest BCUT2D eigenvalue weighted by molar-refractivity contribution is 0.136. The monoisotopic (exact) mass is 411 g/mol. The fourth-order valence-electron chi connectivity index (χ4n) is 3.10. The Balaban J connectivity index is 1.58. The van der Waals surface area contributed by atoms with Gasteiger partial charge in [0, 0.05) is 11.1 Å². The largest absolute Gasteiger partial charge is 0.480 e. The molecule has 1 fully saturated rings. The van der Waals surface area contributed by atoms with Crippen LogP contribution in [-0.4, -0.2) is 37.6 Å². The second-order valence-electron chi connectivity index (χ2n) is 6.52. The van der Waals surface area contributed by atoms with Crippen LogP contribution in [0, 0.1) is 6.92 Å². The smallest absolute Gasteiger partial charge is 0.241 e. The molecule has 0 bridgehead atoms. The fraction of sp³-hybridized carbons (Fsp3) is 0.444. The van der Waals surface area contributed by atoms with Gasteiger partial charge in [0.15, 0.2) is 0 Å². The molecule has 0 aliphatic heterocycles. The van der Waals surface area contributed by atoms with Crippen LogP contribution in [0.2, 0.25) is 5.02 Å². The Morgan fingerprint density at radius 2 is 1.85 bits per heavy atom. The zero-order chi connectivity index (χ0) is 19.4. The van der Waals surface area contributed by atoms with Gasteiger partial charge in [0.2, 0.25) is 21.8 Å².